The van der Waals surface area contributed by atoms with Crippen molar-refractivity contribution < 1.29 is 9.15 Å². The number of benzene rings is 1. The van der Waals surface area contributed by atoms with Gasteiger partial charge in [0, 0.05) is 7.11 Å². The van der Waals surface area contributed by atoms with Gasteiger partial charge in [0.2, 0.25) is 0 Å². The van der Waals surface area contributed by atoms with Crippen LogP contribution in [-0.4, -0.2) is 13.7 Å². The van der Waals surface area contributed by atoms with Gasteiger partial charge in [0.1, 0.15) is 18.1 Å². The van der Waals surface area contributed by atoms with E-state index < -0.39 is 0 Å². The van der Waals surface area contributed by atoms with Crippen molar-refractivity contribution in [2.75, 3.05) is 13.7 Å². The second-order valence-electron chi connectivity index (χ2n) is 4.37. The van der Waals surface area contributed by atoms with Gasteiger partial charge in [-0.05, 0) is 30.3 Å². The fourth-order valence-corrected chi connectivity index (χ4v) is 2.50. The third-order valence-electron chi connectivity index (χ3n) is 2.95. The Balaban J connectivity index is 2.36. The summed E-state index contributed by atoms with van der Waals surface area (Å²) in [5.74, 6) is 1.58. The molecule has 2 rings (SSSR count). The van der Waals surface area contributed by atoms with E-state index in [0.29, 0.717) is 16.7 Å². The van der Waals surface area contributed by atoms with Gasteiger partial charge in [0.25, 0.3) is 0 Å². The smallest absolute Gasteiger partial charge is 0.129 e. The highest BCUT2D eigenvalue weighted by molar-refractivity contribution is 6.42. The fraction of sp³-hybridized carbons (Fsp3) is 0.333. The number of hydrogen-bond acceptors (Lipinski definition) is 3. The summed E-state index contributed by atoms with van der Waals surface area (Å²) in [6, 6.07) is 9.30. The molecule has 108 valence electrons. The van der Waals surface area contributed by atoms with E-state index in [9.17, 15) is 0 Å². The van der Waals surface area contributed by atoms with Crippen LogP contribution in [0.15, 0.2) is 34.7 Å². The molecule has 0 aliphatic carbocycles. The van der Waals surface area contributed by atoms with Crippen LogP contribution in [0.4, 0.5) is 0 Å². The van der Waals surface area contributed by atoms with Crippen molar-refractivity contribution in [1.82, 2.24) is 5.32 Å². The van der Waals surface area contributed by atoms with Crippen molar-refractivity contribution in [2.45, 2.75) is 19.6 Å². The third kappa shape index (κ3) is 3.36. The minimum absolute atomic E-state index is 0.128. The lowest BCUT2D eigenvalue weighted by Gasteiger charge is -2.18. The first kappa shape index (κ1) is 15.4. The SMILES string of the molecule is CCNC(c1ccc(COC)o1)c1cccc(Cl)c1Cl. The highest BCUT2D eigenvalue weighted by atomic mass is 35.5. The number of rotatable bonds is 6. The average Bonchev–Trinajstić information content (AvgIpc) is 2.88. The molecule has 0 fully saturated rings. The van der Waals surface area contributed by atoms with Gasteiger partial charge in [-0.3, -0.25) is 0 Å². The van der Waals surface area contributed by atoms with Crippen LogP contribution < -0.4 is 5.32 Å². The van der Waals surface area contributed by atoms with Crippen LogP contribution in [0, 0.1) is 0 Å². The molecule has 3 nitrogen and oxygen atoms in total. The fourth-order valence-electron chi connectivity index (χ4n) is 2.08. The molecule has 1 aromatic heterocycles. The molecule has 0 aliphatic heterocycles. The number of halogens is 2. The Labute approximate surface area is 128 Å². The largest absolute Gasteiger partial charge is 0.462 e. The summed E-state index contributed by atoms with van der Waals surface area (Å²) in [6.07, 6.45) is 0. The first-order valence-electron chi connectivity index (χ1n) is 6.42. The van der Waals surface area contributed by atoms with E-state index >= 15 is 0 Å². The molecule has 0 saturated carbocycles. The zero-order valence-corrected chi connectivity index (χ0v) is 13.0. The van der Waals surface area contributed by atoms with Gasteiger partial charge >= 0.3 is 0 Å². The maximum absolute atomic E-state index is 6.30. The number of ether oxygens (including phenoxy) is 1. The summed E-state index contributed by atoms with van der Waals surface area (Å²) >= 11 is 12.4. The molecule has 0 saturated heterocycles. The lowest BCUT2D eigenvalue weighted by atomic mass is 10.0. The predicted octanol–water partition coefficient (Wildman–Crippen LogP) is 4.43. The van der Waals surface area contributed by atoms with E-state index in [-0.39, 0.29) is 6.04 Å². The van der Waals surface area contributed by atoms with Gasteiger partial charge < -0.3 is 14.5 Å². The van der Waals surface area contributed by atoms with Gasteiger partial charge in [-0.1, -0.05) is 42.3 Å². The maximum atomic E-state index is 6.30. The Bertz CT molecular complexity index is 569. The molecule has 20 heavy (non-hydrogen) atoms. The number of furan rings is 1. The van der Waals surface area contributed by atoms with E-state index in [1.54, 1.807) is 13.2 Å². The summed E-state index contributed by atoms with van der Waals surface area (Å²) in [4.78, 5) is 0. The first-order valence-corrected chi connectivity index (χ1v) is 7.17. The lowest BCUT2D eigenvalue weighted by molar-refractivity contribution is 0.162. The van der Waals surface area contributed by atoms with Crippen LogP contribution >= 0.6 is 23.2 Å². The minimum Gasteiger partial charge on any atom is -0.462 e. The van der Waals surface area contributed by atoms with Gasteiger partial charge in [-0.15, -0.1) is 0 Å². The molecule has 1 atom stereocenters. The van der Waals surface area contributed by atoms with Crippen LogP contribution in [-0.2, 0) is 11.3 Å². The Kier molecular flexibility index (Phi) is 5.49. The van der Waals surface area contributed by atoms with E-state index in [4.69, 9.17) is 32.4 Å². The summed E-state index contributed by atoms with van der Waals surface area (Å²) in [5, 5.41) is 4.44. The van der Waals surface area contributed by atoms with Crippen LogP contribution in [0.5, 0.6) is 0 Å². The third-order valence-corrected chi connectivity index (χ3v) is 3.79. The number of methoxy groups -OCH3 is 1. The van der Waals surface area contributed by atoms with E-state index in [0.717, 1.165) is 23.6 Å². The molecular weight excluding hydrogens is 297 g/mol. The van der Waals surface area contributed by atoms with Crippen LogP contribution in [0.2, 0.25) is 10.0 Å². The first-order chi connectivity index (χ1) is 9.67. The van der Waals surface area contributed by atoms with E-state index in [1.165, 1.54) is 0 Å². The molecule has 0 radical (unpaired) electrons. The number of nitrogens with one attached hydrogen (secondary N) is 1. The molecule has 0 amide bonds. The van der Waals surface area contributed by atoms with Crippen LogP contribution in [0.1, 0.15) is 30.0 Å². The van der Waals surface area contributed by atoms with Gasteiger partial charge in [0.05, 0.1) is 16.1 Å². The average molecular weight is 314 g/mol. The summed E-state index contributed by atoms with van der Waals surface area (Å²) in [6.45, 7) is 3.26. The molecule has 0 spiro atoms. The molecule has 0 bridgehead atoms. The zero-order valence-electron chi connectivity index (χ0n) is 11.5. The molecule has 5 heteroatoms. The molecule has 1 unspecified atom stereocenters. The second-order valence-corrected chi connectivity index (χ2v) is 5.16. The van der Waals surface area contributed by atoms with E-state index in [1.807, 2.05) is 31.2 Å². The molecule has 1 heterocycles. The van der Waals surface area contributed by atoms with Gasteiger partial charge in [-0.25, -0.2) is 0 Å². The van der Waals surface area contributed by atoms with Crippen molar-refractivity contribution in [3.8, 4) is 0 Å². The minimum atomic E-state index is -0.128. The Morgan fingerprint density at radius 1 is 1.25 bits per heavy atom. The highest BCUT2D eigenvalue weighted by Crippen LogP contribution is 2.33. The number of hydrogen-bond donors (Lipinski definition) is 1. The van der Waals surface area contributed by atoms with Gasteiger partial charge in [0.15, 0.2) is 0 Å². The monoisotopic (exact) mass is 313 g/mol. The molecule has 0 aliphatic rings. The summed E-state index contributed by atoms with van der Waals surface area (Å²) < 4.78 is 10.9. The highest BCUT2D eigenvalue weighted by Gasteiger charge is 2.20. The normalized spacial score (nSPS) is 12.6. The molecule has 1 aromatic carbocycles. The summed E-state index contributed by atoms with van der Waals surface area (Å²) in [7, 11) is 1.64. The van der Waals surface area contributed by atoms with Crippen molar-refractivity contribution in [1.29, 1.82) is 0 Å². The maximum Gasteiger partial charge on any atom is 0.129 e. The van der Waals surface area contributed by atoms with Crippen molar-refractivity contribution in [3.05, 3.63) is 57.5 Å². The van der Waals surface area contributed by atoms with Crippen molar-refractivity contribution in [2.24, 2.45) is 0 Å². The Hall–Kier alpha value is -1.000. The van der Waals surface area contributed by atoms with Gasteiger partial charge in [-0.2, -0.15) is 0 Å². The van der Waals surface area contributed by atoms with Crippen LogP contribution in [0.25, 0.3) is 0 Å². The van der Waals surface area contributed by atoms with Crippen LogP contribution in [0.3, 0.4) is 0 Å². The summed E-state index contributed by atoms with van der Waals surface area (Å²) in [5.41, 5.74) is 0.902. The lowest BCUT2D eigenvalue weighted by Crippen LogP contribution is -2.21. The second kappa shape index (κ2) is 7.14. The zero-order chi connectivity index (χ0) is 14.5. The molecular formula is C15H17Cl2NO2. The Morgan fingerprint density at radius 3 is 2.75 bits per heavy atom. The Morgan fingerprint density at radius 2 is 2.05 bits per heavy atom. The standard InChI is InChI=1S/C15H17Cl2NO2/c1-3-18-15(11-5-4-6-12(16)14(11)17)13-8-7-10(20-13)9-19-2/h4-8,15,18H,3,9H2,1-2H3. The van der Waals surface area contributed by atoms with Crippen molar-refractivity contribution >= 4 is 23.2 Å². The quantitative estimate of drug-likeness (QED) is 0.856. The molecule has 1 N–H and O–H groups in total. The predicted molar refractivity (Wildman–Crippen MR) is 81.4 cm³/mol. The van der Waals surface area contributed by atoms with E-state index in [2.05, 4.69) is 5.32 Å². The topological polar surface area (TPSA) is 34.4 Å². The van der Waals surface area contributed by atoms with Crippen molar-refractivity contribution in [3.63, 3.8) is 0 Å². The molecule has 2 aromatic rings.